The van der Waals surface area contributed by atoms with E-state index < -0.39 is 0 Å². The van der Waals surface area contributed by atoms with E-state index in [1.54, 1.807) is 11.7 Å². The van der Waals surface area contributed by atoms with E-state index in [1.807, 2.05) is 42.5 Å². The van der Waals surface area contributed by atoms with Crippen LogP contribution in [0.4, 0.5) is 5.69 Å². The van der Waals surface area contributed by atoms with Gasteiger partial charge in [0.05, 0.1) is 25.9 Å². The number of guanidine groups is 1. The van der Waals surface area contributed by atoms with Crippen LogP contribution in [0.5, 0.6) is 0 Å². The Kier molecular flexibility index (Phi) is 5.29. The Morgan fingerprint density at radius 2 is 2.21 bits per heavy atom. The third-order valence-electron chi connectivity index (χ3n) is 5.26. The van der Waals surface area contributed by atoms with Crippen molar-refractivity contribution >= 4 is 17.6 Å². The molecule has 8 nitrogen and oxygen atoms in total. The molecule has 1 aromatic carbocycles. The van der Waals surface area contributed by atoms with Crippen molar-refractivity contribution in [2.24, 2.45) is 12.0 Å². The Hall–Kier alpha value is -2.87. The molecule has 1 amide bonds. The highest BCUT2D eigenvalue weighted by Crippen LogP contribution is 2.27. The molecule has 8 heteroatoms. The topological polar surface area (TPSA) is 75.0 Å². The Morgan fingerprint density at radius 3 is 3.00 bits per heavy atom. The van der Waals surface area contributed by atoms with Gasteiger partial charge in [-0.3, -0.25) is 14.5 Å². The highest BCUT2D eigenvalue weighted by Gasteiger charge is 2.27. The minimum Gasteiger partial charge on any atom is -0.370 e. The van der Waals surface area contributed by atoms with Gasteiger partial charge in [0, 0.05) is 44.6 Å². The van der Waals surface area contributed by atoms with Crippen LogP contribution in [0.15, 0.2) is 41.7 Å². The van der Waals surface area contributed by atoms with Gasteiger partial charge in [0.2, 0.25) is 5.91 Å². The lowest BCUT2D eigenvalue weighted by Gasteiger charge is -2.34. The molecular formula is C20H26N6O2. The highest BCUT2D eigenvalue weighted by atomic mass is 16.5. The number of aliphatic imine (C=N–C) groups is 1. The first kappa shape index (κ1) is 18.5. The molecule has 1 fully saturated rings. The van der Waals surface area contributed by atoms with Crippen LogP contribution in [0.1, 0.15) is 17.2 Å². The largest absolute Gasteiger partial charge is 0.370 e. The number of hydrogen-bond donors (Lipinski definition) is 1. The average molecular weight is 382 g/mol. The van der Waals surface area contributed by atoms with Gasteiger partial charge in [-0.2, -0.15) is 5.10 Å². The van der Waals surface area contributed by atoms with Gasteiger partial charge in [0.1, 0.15) is 6.10 Å². The molecule has 148 valence electrons. The van der Waals surface area contributed by atoms with Crippen LogP contribution in [0.2, 0.25) is 0 Å². The number of para-hydroxylation sites is 1. The fourth-order valence-corrected chi connectivity index (χ4v) is 3.83. The molecule has 0 aliphatic carbocycles. The second-order valence-electron chi connectivity index (χ2n) is 7.08. The summed E-state index contributed by atoms with van der Waals surface area (Å²) in [5.74, 6) is 0.779. The molecule has 0 bridgehead atoms. The van der Waals surface area contributed by atoms with Crippen molar-refractivity contribution in [3.8, 4) is 0 Å². The maximum absolute atomic E-state index is 12.8. The van der Waals surface area contributed by atoms with Crippen LogP contribution >= 0.6 is 0 Å². The summed E-state index contributed by atoms with van der Waals surface area (Å²) in [6.45, 7) is 2.96. The zero-order chi connectivity index (χ0) is 19.5. The van der Waals surface area contributed by atoms with Crippen molar-refractivity contribution in [1.29, 1.82) is 0 Å². The second-order valence-corrected chi connectivity index (χ2v) is 7.08. The number of nitrogens with zero attached hydrogens (tertiary/aromatic N) is 5. The van der Waals surface area contributed by atoms with Gasteiger partial charge < -0.3 is 19.9 Å². The molecule has 2 aliphatic heterocycles. The predicted molar refractivity (Wildman–Crippen MR) is 107 cm³/mol. The van der Waals surface area contributed by atoms with Gasteiger partial charge in [-0.25, -0.2) is 0 Å². The standard InChI is InChI=1S/C20H26N6O2/c1-21-20(25-9-10-28-18(14-25)16-11-23-24(2)13-16)22-12-19(27)26-8-7-15-5-3-4-6-17(15)26/h3-6,11,13,18H,7-10,12,14H2,1-2H3,(H,21,22). The maximum atomic E-state index is 12.8. The molecule has 1 N–H and O–H groups in total. The first-order chi connectivity index (χ1) is 13.7. The van der Waals surface area contributed by atoms with Crippen molar-refractivity contribution in [2.45, 2.75) is 12.5 Å². The minimum absolute atomic E-state index is 0.0536. The van der Waals surface area contributed by atoms with E-state index in [9.17, 15) is 4.79 Å². The van der Waals surface area contributed by atoms with Crippen LogP contribution in [-0.2, 0) is 23.0 Å². The van der Waals surface area contributed by atoms with Crippen molar-refractivity contribution in [3.63, 3.8) is 0 Å². The Balaban J connectivity index is 1.36. The Labute approximate surface area is 164 Å². The molecule has 2 aliphatic rings. The van der Waals surface area contributed by atoms with E-state index in [4.69, 9.17) is 4.74 Å². The molecule has 1 atom stereocenters. The summed E-state index contributed by atoms with van der Waals surface area (Å²) in [4.78, 5) is 21.1. The van der Waals surface area contributed by atoms with Gasteiger partial charge in [-0.15, -0.1) is 0 Å². The van der Waals surface area contributed by atoms with Crippen molar-refractivity contribution in [2.75, 3.05) is 44.7 Å². The highest BCUT2D eigenvalue weighted by molar-refractivity contribution is 5.98. The van der Waals surface area contributed by atoms with Crippen LogP contribution in [0.25, 0.3) is 0 Å². The molecule has 28 heavy (non-hydrogen) atoms. The molecule has 1 aromatic heterocycles. The maximum Gasteiger partial charge on any atom is 0.246 e. The first-order valence-electron chi connectivity index (χ1n) is 9.59. The molecule has 1 saturated heterocycles. The van der Waals surface area contributed by atoms with Crippen LogP contribution in [0, 0.1) is 0 Å². The number of benzene rings is 1. The van der Waals surface area contributed by atoms with E-state index in [0.29, 0.717) is 13.2 Å². The predicted octanol–water partition coefficient (Wildman–Crippen LogP) is 0.958. The average Bonchev–Trinajstić information content (AvgIpc) is 3.35. The number of carbonyl (C=O) groups is 1. The molecule has 4 rings (SSSR count). The number of rotatable bonds is 3. The first-order valence-corrected chi connectivity index (χ1v) is 9.59. The number of morpholine rings is 1. The van der Waals surface area contributed by atoms with Gasteiger partial charge in [0.15, 0.2) is 5.96 Å². The van der Waals surface area contributed by atoms with E-state index in [2.05, 4.69) is 26.4 Å². The molecular weight excluding hydrogens is 356 g/mol. The van der Waals surface area contributed by atoms with Gasteiger partial charge >= 0.3 is 0 Å². The number of fused-ring (bicyclic) bond motifs is 1. The van der Waals surface area contributed by atoms with Gasteiger partial charge in [0.25, 0.3) is 0 Å². The fraction of sp³-hybridized carbons (Fsp3) is 0.450. The quantitative estimate of drug-likeness (QED) is 0.632. The van der Waals surface area contributed by atoms with Crippen LogP contribution < -0.4 is 10.2 Å². The van der Waals surface area contributed by atoms with E-state index in [1.165, 1.54) is 5.56 Å². The summed E-state index contributed by atoms with van der Waals surface area (Å²) in [6.07, 6.45) is 4.66. The van der Waals surface area contributed by atoms with E-state index in [-0.39, 0.29) is 18.6 Å². The van der Waals surface area contributed by atoms with E-state index in [0.717, 1.165) is 36.7 Å². The summed E-state index contributed by atoms with van der Waals surface area (Å²) in [7, 11) is 3.64. The van der Waals surface area contributed by atoms with Crippen molar-refractivity contribution in [1.82, 2.24) is 20.0 Å². The number of ether oxygens (including phenoxy) is 1. The third-order valence-corrected chi connectivity index (χ3v) is 5.26. The minimum atomic E-state index is -0.0536. The zero-order valence-corrected chi connectivity index (χ0v) is 16.3. The number of aryl methyl sites for hydroxylation is 1. The summed E-state index contributed by atoms with van der Waals surface area (Å²) in [5.41, 5.74) is 3.30. The molecule has 0 radical (unpaired) electrons. The molecule has 0 saturated carbocycles. The number of anilines is 1. The lowest BCUT2D eigenvalue weighted by atomic mass is 10.1. The van der Waals surface area contributed by atoms with E-state index >= 15 is 0 Å². The monoisotopic (exact) mass is 382 g/mol. The molecule has 3 heterocycles. The van der Waals surface area contributed by atoms with Crippen LogP contribution in [0.3, 0.4) is 0 Å². The summed E-state index contributed by atoms with van der Waals surface area (Å²) in [6, 6.07) is 8.09. The number of hydrogen-bond acceptors (Lipinski definition) is 4. The van der Waals surface area contributed by atoms with Crippen molar-refractivity contribution in [3.05, 3.63) is 47.8 Å². The van der Waals surface area contributed by atoms with Crippen molar-refractivity contribution < 1.29 is 9.53 Å². The number of amides is 1. The summed E-state index contributed by atoms with van der Waals surface area (Å²) in [5, 5.41) is 7.46. The second kappa shape index (κ2) is 8.02. The number of carbonyl (C=O) groups excluding carboxylic acids is 1. The Bertz CT molecular complexity index is 877. The third kappa shape index (κ3) is 3.73. The van der Waals surface area contributed by atoms with Gasteiger partial charge in [-0.05, 0) is 18.1 Å². The number of aromatic nitrogens is 2. The lowest BCUT2D eigenvalue weighted by molar-refractivity contribution is -0.117. The normalized spacial score (nSPS) is 19.6. The molecule has 2 aromatic rings. The van der Waals surface area contributed by atoms with Crippen LogP contribution in [-0.4, -0.2) is 66.4 Å². The fourth-order valence-electron chi connectivity index (χ4n) is 3.83. The summed E-state index contributed by atoms with van der Waals surface area (Å²) < 4.78 is 7.67. The lowest BCUT2D eigenvalue weighted by Crippen LogP contribution is -2.50. The number of nitrogens with one attached hydrogen (secondary N) is 1. The summed E-state index contributed by atoms with van der Waals surface area (Å²) >= 11 is 0. The molecule has 0 spiro atoms. The Morgan fingerprint density at radius 1 is 1.36 bits per heavy atom. The SMILES string of the molecule is CN=C(NCC(=O)N1CCc2ccccc21)N1CCOC(c2cnn(C)c2)C1. The molecule has 1 unspecified atom stereocenters. The smallest absolute Gasteiger partial charge is 0.246 e. The zero-order valence-electron chi connectivity index (χ0n) is 16.3. The van der Waals surface area contributed by atoms with Gasteiger partial charge in [-0.1, -0.05) is 18.2 Å².